The molecule has 58 heavy (non-hydrogen) atoms. The highest BCUT2D eigenvalue weighted by Gasteiger charge is 2.62. The summed E-state index contributed by atoms with van der Waals surface area (Å²) in [4.78, 5) is 10.4. The van der Waals surface area contributed by atoms with Crippen LogP contribution in [0.2, 0.25) is 0 Å². The quantitative estimate of drug-likeness (QED) is 0.176. The van der Waals surface area contributed by atoms with E-state index < -0.39 is 5.41 Å². The van der Waals surface area contributed by atoms with Gasteiger partial charge in [0.1, 0.15) is 11.5 Å². The number of rotatable bonds is 5. The molecular weight excluding hydrogens is 705 g/mol. The fourth-order valence-electron chi connectivity index (χ4n) is 10.4. The van der Waals surface area contributed by atoms with Crippen LogP contribution in [0.5, 0.6) is 5.75 Å². The van der Waals surface area contributed by atoms with Crippen molar-refractivity contribution in [1.82, 2.24) is 9.97 Å². The van der Waals surface area contributed by atoms with E-state index in [2.05, 4.69) is 196 Å². The van der Waals surface area contributed by atoms with E-state index in [-0.39, 0.29) is 17.3 Å². The van der Waals surface area contributed by atoms with Crippen molar-refractivity contribution in [2.45, 2.75) is 31.6 Å². The SMILES string of the molecule is C[C@@H]1C=C(c2ccccc2-c2nc(-c3ccccc3)cc(-c3ccccc3)n2)C=CC1c1cccc2c1OC1=CC=CCC1(C)C21c2ccccc2-c2ccccc21. The summed E-state index contributed by atoms with van der Waals surface area (Å²) < 4.78 is 7.21. The first-order valence-electron chi connectivity index (χ1n) is 20.4. The van der Waals surface area contributed by atoms with E-state index in [1.165, 1.54) is 39.0 Å². The minimum Gasteiger partial charge on any atom is -0.460 e. The number of aromatic nitrogens is 2. The van der Waals surface area contributed by atoms with Crippen LogP contribution in [0.3, 0.4) is 0 Å². The summed E-state index contributed by atoms with van der Waals surface area (Å²) in [6, 6.07) is 56.4. The maximum absolute atomic E-state index is 7.21. The van der Waals surface area contributed by atoms with Crippen LogP contribution in [0.15, 0.2) is 200 Å². The van der Waals surface area contributed by atoms with Crippen molar-refractivity contribution in [3.63, 3.8) is 0 Å². The van der Waals surface area contributed by atoms with Gasteiger partial charge in [0.25, 0.3) is 0 Å². The number of benzene rings is 6. The smallest absolute Gasteiger partial charge is 0.161 e. The van der Waals surface area contributed by atoms with Gasteiger partial charge in [-0.25, -0.2) is 9.97 Å². The Labute approximate surface area is 340 Å². The van der Waals surface area contributed by atoms with Gasteiger partial charge in [-0.3, -0.25) is 0 Å². The zero-order valence-corrected chi connectivity index (χ0v) is 32.6. The Bertz CT molecular complexity index is 2780. The summed E-state index contributed by atoms with van der Waals surface area (Å²) >= 11 is 0. The number of hydrogen-bond donors (Lipinski definition) is 0. The maximum atomic E-state index is 7.21. The van der Waals surface area contributed by atoms with Crippen LogP contribution in [0.1, 0.15) is 54.0 Å². The van der Waals surface area contributed by atoms with Gasteiger partial charge < -0.3 is 4.74 Å². The second-order valence-electron chi connectivity index (χ2n) is 16.3. The first-order chi connectivity index (χ1) is 28.5. The van der Waals surface area contributed by atoms with E-state index >= 15 is 0 Å². The number of allylic oxidation sites excluding steroid dienone is 8. The van der Waals surface area contributed by atoms with Gasteiger partial charge in [0, 0.05) is 39.2 Å². The summed E-state index contributed by atoms with van der Waals surface area (Å²) in [5.74, 6) is 3.04. The van der Waals surface area contributed by atoms with Crippen LogP contribution in [-0.2, 0) is 5.41 Å². The Balaban J connectivity index is 1.02. The van der Waals surface area contributed by atoms with Gasteiger partial charge in [0.15, 0.2) is 5.82 Å². The first kappa shape index (κ1) is 34.4. The molecule has 3 heteroatoms. The van der Waals surface area contributed by atoms with Gasteiger partial charge >= 0.3 is 0 Å². The van der Waals surface area contributed by atoms with E-state index in [9.17, 15) is 0 Å². The fraction of sp³-hybridized carbons (Fsp3) is 0.127. The van der Waals surface area contributed by atoms with E-state index in [1.54, 1.807) is 0 Å². The van der Waals surface area contributed by atoms with E-state index in [0.29, 0.717) is 5.82 Å². The van der Waals surface area contributed by atoms with Crippen LogP contribution in [-0.4, -0.2) is 9.97 Å². The minimum atomic E-state index is -0.408. The number of hydrogen-bond acceptors (Lipinski definition) is 3. The molecule has 3 atom stereocenters. The molecule has 0 bridgehead atoms. The van der Waals surface area contributed by atoms with Crippen molar-refractivity contribution in [2.24, 2.45) is 11.3 Å². The molecule has 4 aliphatic rings. The Hall–Kier alpha value is -6.84. The lowest BCUT2D eigenvalue weighted by atomic mass is 9.52. The van der Waals surface area contributed by atoms with Gasteiger partial charge in [-0.15, -0.1) is 0 Å². The van der Waals surface area contributed by atoms with Crippen LogP contribution in [0, 0.1) is 11.3 Å². The van der Waals surface area contributed by atoms with Crippen LogP contribution < -0.4 is 4.74 Å². The van der Waals surface area contributed by atoms with Crippen LogP contribution in [0.4, 0.5) is 0 Å². The first-order valence-corrected chi connectivity index (χ1v) is 20.4. The molecule has 1 aromatic heterocycles. The third-order valence-corrected chi connectivity index (χ3v) is 13.1. The molecule has 0 amide bonds. The molecule has 1 spiro atoms. The molecule has 0 saturated heterocycles. The lowest BCUT2D eigenvalue weighted by Crippen LogP contribution is -2.50. The summed E-state index contributed by atoms with van der Waals surface area (Å²) in [6.45, 7) is 4.75. The van der Waals surface area contributed by atoms with Crippen molar-refractivity contribution in [1.29, 1.82) is 0 Å². The van der Waals surface area contributed by atoms with Crippen molar-refractivity contribution in [2.75, 3.05) is 0 Å². The topological polar surface area (TPSA) is 35.0 Å². The average molecular weight is 747 g/mol. The highest BCUT2D eigenvalue weighted by atomic mass is 16.5. The Morgan fingerprint density at radius 2 is 1.17 bits per heavy atom. The zero-order valence-electron chi connectivity index (χ0n) is 32.6. The Morgan fingerprint density at radius 3 is 1.81 bits per heavy atom. The molecule has 0 fully saturated rings. The standard InChI is InChI=1S/C55H42N2O/c1-36-34-39(41-22-9-10-25-45(41)53-56-49(37-18-5-3-6-19-37)35-50(57-53)38-20-7-4-8-21-38)31-32-40(36)44-26-17-29-48-52(44)58-51-30-15-16-33-54(51,2)55(48)46-27-13-11-23-42(46)43-24-12-14-28-47(43)55/h3-32,34-36,40H,33H2,1-2H3/t36-,40?,54?/m1/s1. The van der Waals surface area contributed by atoms with E-state index in [1.807, 2.05) is 12.1 Å². The molecule has 0 N–H and O–H groups in total. The lowest BCUT2D eigenvalue weighted by molar-refractivity contribution is 0.152. The van der Waals surface area contributed by atoms with Crippen LogP contribution >= 0.6 is 0 Å². The zero-order chi connectivity index (χ0) is 38.8. The third kappa shape index (κ3) is 5.06. The second kappa shape index (κ2) is 13.4. The second-order valence-corrected chi connectivity index (χ2v) is 16.3. The van der Waals surface area contributed by atoms with Crippen molar-refractivity contribution in [3.05, 3.63) is 228 Å². The molecule has 3 aliphatic carbocycles. The highest BCUT2D eigenvalue weighted by Crippen LogP contribution is 2.68. The number of para-hydroxylation sites is 1. The summed E-state index contributed by atoms with van der Waals surface area (Å²) in [5.41, 5.74) is 14.3. The molecule has 3 nitrogen and oxygen atoms in total. The predicted octanol–water partition coefficient (Wildman–Crippen LogP) is 13.4. The molecule has 1 aliphatic heterocycles. The van der Waals surface area contributed by atoms with Crippen molar-refractivity contribution >= 4 is 5.57 Å². The van der Waals surface area contributed by atoms with Crippen molar-refractivity contribution < 1.29 is 4.74 Å². The van der Waals surface area contributed by atoms with Gasteiger partial charge in [0.05, 0.1) is 16.8 Å². The summed E-state index contributed by atoms with van der Waals surface area (Å²) in [6.07, 6.45) is 14.7. The molecule has 0 saturated carbocycles. The molecule has 6 aromatic carbocycles. The van der Waals surface area contributed by atoms with E-state index in [0.717, 1.165) is 51.6 Å². The third-order valence-electron chi connectivity index (χ3n) is 13.1. The van der Waals surface area contributed by atoms with Gasteiger partial charge in [-0.2, -0.15) is 0 Å². The lowest BCUT2D eigenvalue weighted by Gasteiger charge is -2.53. The van der Waals surface area contributed by atoms with Crippen LogP contribution in [0.25, 0.3) is 50.6 Å². The molecule has 2 heterocycles. The largest absolute Gasteiger partial charge is 0.460 e. The maximum Gasteiger partial charge on any atom is 0.161 e. The average Bonchev–Trinajstić information content (AvgIpc) is 3.58. The predicted molar refractivity (Wildman–Crippen MR) is 236 cm³/mol. The molecule has 7 aromatic rings. The van der Waals surface area contributed by atoms with Gasteiger partial charge in [-0.05, 0) is 57.9 Å². The van der Waals surface area contributed by atoms with Gasteiger partial charge in [-0.1, -0.05) is 196 Å². The molecule has 2 unspecified atom stereocenters. The molecule has 11 rings (SSSR count). The summed E-state index contributed by atoms with van der Waals surface area (Å²) in [7, 11) is 0. The Morgan fingerprint density at radius 1 is 0.603 bits per heavy atom. The number of nitrogens with zero attached hydrogens (tertiary/aromatic N) is 2. The van der Waals surface area contributed by atoms with E-state index in [4.69, 9.17) is 14.7 Å². The summed E-state index contributed by atoms with van der Waals surface area (Å²) in [5, 5.41) is 0. The number of ether oxygens (including phenoxy) is 1. The number of fused-ring (bicyclic) bond motifs is 9. The molecule has 278 valence electrons. The Kier molecular flexibility index (Phi) is 7.94. The molecular formula is C55H42N2O. The van der Waals surface area contributed by atoms with Crippen molar-refractivity contribution in [3.8, 4) is 50.8 Å². The highest BCUT2D eigenvalue weighted by molar-refractivity contribution is 5.88. The monoisotopic (exact) mass is 746 g/mol. The minimum absolute atomic E-state index is 0.112. The molecule has 0 radical (unpaired) electrons. The van der Waals surface area contributed by atoms with Gasteiger partial charge in [0.2, 0.25) is 0 Å². The normalized spacial score (nSPS) is 20.6. The fourth-order valence-corrected chi connectivity index (χ4v) is 10.4.